The lowest BCUT2D eigenvalue weighted by Gasteiger charge is -2.47. The Bertz CT molecular complexity index is 711. The average molecular weight is 371 g/mol. The second-order valence-electron chi connectivity index (χ2n) is 10.0. The first-order chi connectivity index (χ1) is 12.7. The van der Waals surface area contributed by atoms with Crippen LogP contribution in [0, 0.1) is 5.92 Å². The Morgan fingerprint density at radius 3 is 2.63 bits per heavy atom. The molecular weight excluding hydrogens is 332 g/mol. The summed E-state index contributed by atoms with van der Waals surface area (Å²) in [6.45, 7) is 13.5. The van der Waals surface area contributed by atoms with Gasteiger partial charge in [-0.25, -0.2) is 0 Å². The Labute approximate surface area is 166 Å². The van der Waals surface area contributed by atoms with Crippen molar-refractivity contribution >= 4 is 0 Å². The number of allylic oxidation sites excluding steroid dienone is 2. The Balaban J connectivity index is 1.93. The van der Waals surface area contributed by atoms with Crippen molar-refractivity contribution in [1.29, 1.82) is 0 Å². The predicted octanol–water partition coefficient (Wildman–Crippen LogP) is 7.25. The van der Waals surface area contributed by atoms with Gasteiger partial charge in [-0.15, -0.1) is 0 Å². The summed E-state index contributed by atoms with van der Waals surface area (Å²) >= 11 is 0. The van der Waals surface area contributed by atoms with Crippen LogP contribution in [0.4, 0.5) is 0 Å². The third-order valence-electron chi connectivity index (χ3n) is 6.94. The topological polar surface area (TPSA) is 29.5 Å². The summed E-state index contributed by atoms with van der Waals surface area (Å²) in [6.07, 6.45) is 10.6. The van der Waals surface area contributed by atoms with Gasteiger partial charge in [-0.3, -0.25) is 0 Å². The monoisotopic (exact) mass is 370 g/mol. The zero-order valence-electron chi connectivity index (χ0n) is 18.2. The number of rotatable bonds is 6. The van der Waals surface area contributed by atoms with E-state index in [2.05, 4.69) is 53.7 Å². The van der Waals surface area contributed by atoms with E-state index in [9.17, 15) is 5.11 Å². The fourth-order valence-electron chi connectivity index (χ4n) is 5.09. The molecule has 3 rings (SSSR count). The molecule has 1 unspecified atom stereocenters. The van der Waals surface area contributed by atoms with Crippen molar-refractivity contribution in [3.05, 3.63) is 34.9 Å². The SMILES string of the molecule is CCCCCCC(C)(C)c1cc(O)c2c(c1)OC(C)(C)[C@H]1CC=C(C)CC21. The third-order valence-corrected chi connectivity index (χ3v) is 6.94. The number of hydrogen-bond donors (Lipinski definition) is 1. The van der Waals surface area contributed by atoms with Crippen LogP contribution in [0.5, 0.6) is 11.5 Å². The molecule has 0 radical (unpaired) electrons. The molecule has 27 heavy (non-hydrogen) atoms. The third kappa shape index (κ3) is 4.05. The first-order valence-corrected chi connectivity index (χ1v) is 10.9. The zero-order valence-corrected chi connectivity index (χ0v) is 18.2. The van der Waals surface area contributed by atoms with Gasteiger partial charge in [0.2, 0.25) is 0 Å². The molecule has 1 aliphatic carbocycles. The second kappa shape index (κ2) is 7.53. The molecule has 1 heterocycles. The lowest BCUT2D eigenvalue weighted by Crippen LogP contribution is -2.45. The molecule has 0 saturated carbocycles. The molecule has 0 saturated heterocycles. The summed E-state index contributed by atoms with van der Waals surface area (Å²) in [5.41, 5.74) is 3.52. The molecule has 0 fully saturated rings. The minimum atomic E-state index is -0.203. The van der Waals surface area contributed by atoms with Gasteiger partial charge in [0.25, 0.3) is 0 Å². The molecule has 1 aromatic rings. The minimum absolute atomic E-state index is 0.0486. The maximum absolute atomic E-state index is 11.0. The molecule has 0 spiro atoms. The highest BCUT2D eigenvalue weighted by Crippen LogP contribution is 2.54. The Kier molecular flexibility index (Phi) is 5.66. The Hall–Kier alpha value is -1.44. The maximum Gasteiger partial charge on any atom is 0.127 e. The smallest absolute Gasteiger partial charge is 0.127 e. The molecule has 1 aromatic carbocycles. The summed E-state index contributed by atoms with van der Waals surface area (Å²) in [7, 11) is 0. The summed E-state index contributed by atoms with van der Waals surface area (Å²) < 4.78 is 6.49. The predicted molar refractivity (Wildman–Crippen MR) is 114 cm³/mol. The van der Waals surface area contributed by atoms with Gasteiger partial charge in [0.15, 0.2) is 0 Å². The highest BCUT2D eigenvalue weighted by atomic mass is 16.5. The van der Waals surface area contributed by atoms with Crippen LogP contribution in [0.25, 0.3) is 0 Å². The van der Waals surface area contributed by atoms with Crippen molar-refractivity contribution in [1.82, 2.24) is 0 Å². The largest absolute Gasteiger partial charge is 0.508 e. The van der Waals surface area contributed by atoms with Crippen molar-refractivity contribution in [3.8, 4) is 11.5 Å². The van der Waals surface area contributed by atoms with Gasteiger partial charge < -0.3 is 9.84 Å². The number of benzene rings is 1. The molecule has 1 aliphatic heterocycles. The van der Waals surface area contributed by atoms with Gasteiger partial charge in [-0.1, -0.05) is 58.1 Å². The van der Waals surface area contributed by atoms with E-state index >= 15 is 0 Å². The number of hydrogen-bond acceptors (Lipinski definition) is 2. The molecule has 2 heteroatoms. The minimum Gasteiger partial charge on any atom is -0.508 e. The molecule has 0 bridgehead atoms. The first-order valence-electron chi connectivity index (χ1n) is 10.9. The molecule has 2 aliphatic rings. The van der Waals surface area contributed by atoms with Crippen LogP contribution in [0.3, 0.4) is 0 Å². The van der Waals surface area contributed by atoms with Gasteiger partial charge in [-0.05, 0) is 63.1 Å². The van der Waals surface area contributed by atoms with Crippen LogP contribution >= 0.6 is 0 Å². The summed E-state index contributed by atoms with van der Waals surface area (Å²) in [4.78, 5) is 0. The van der Waals surface area contributed by atoms with E-state index in [-0.39, 0.29) is 11.0 Å². The van der Waals surface area contributed by atoms with E-state index in [4.69, 9.17) is 4.74 Å². The number of fused-ring (bicyclic) bond motifs is 3. The van der Waals surface area contributed by atoms with Crippen LogP contribution in [-0.2, 0) is 5.41 Å². The van der Waals surface area contributed by atoms with E-state index in [0.29, 0.717) is 17.6 Å². The van der Waals surface area contributed by atoms with E-state index in [0.717, 1.165) is 30.6 Å². The van der Waals surface area contributed by atoms with E-state index in [1.807, 2.05) is 6.07 Å². The highest BCUT2D eigenvalue weighted by Gasteiger charge is 2.46. The van der Waals surface area contributed by atoms with Gasteiger partial charge >= 0.3 is 0 Å². The van der Waals surface area contributed by atoms with Crippen molar-refractivity contribution in [3.63, 3.8) is 0 Å². The summed E-state index contributed by atoms with van der Waals surface area (Å²) in [6, 6.07) is 4.24. The number of unbranched alkanes of at least 4 members (excludes halogenated alkanes) is 3. The van der Waals surface area contributed by atoms with Crippen molar-refractivity contribution < 1.29 is 9.84 Å². The Morgan fingerprint density at radius 1 is 1.19 bits per heavy atom. The lowest BCUT2D eigenvalue weighted by atomic mass is 9.66. The molecule has 150 valence electrons. The van der Waals surface area contributed by atoms with E-state index < -0.39 is 0 Å². The maximum atomic E-state index is 11.0. The lowest BCUT2D eigenvalue weighted by molar-refractivity contribution is 0.00741. The molecule has 2 atom stereocenters. The quantitative estimate of drug-likeness (QED) is 0.422. The van der Waals surface area contributed by atoms with Gasteiger partial charge in [0.1, 0.15) is 17.1 Å². The Morgan fingerprint density at radius 2 is 1.93 bits per heavy atom. The van der Waals surface area contributed by atoms with Gasteiger partial charge in [0.05, 0.1) is 0 Å². The molecule has 2 nitrogen and oxygen atoms in total. The van der Waals surface area contributed by atoms with E-state index in [1.54, 1.807) is 0 Å². The fourth-order valence-corrected chi connectivity index (χ4v) is 5.09. The van der Waals surface area contributed by atoms with Gasteiger partial charge in [0, 0.05) is 17.4 Å². The van der Waals surface area contributed by atoms with Crippen LogP contribution in [-0.4, -0.2) is 10.7 Å². The van der Waals surface area contributed by atoms with Gasteiger partial charge in [-0.2, -0.15) is 0 Å². The fraction of sp³-hybridized carbons (Fsp3) is 0.680. The summed E-state index contributed by atoms with van der Waals surface area (Å²) in [5.74, 6) is 2.12. The first kappa shape index (κ1) is 20.3. The van der Waals surface area contributed by atoms with Crippen LogP contribution in [0.15, 0.2) is 23.8 Å². The standard InChI is InChI=1S/C25H38O2/c1-7-8-9-10-13-24(3,4)18-15-21(26)23-19-14-17(2)11-12-20(19)25(5,6)27-22(23)16-18/h11,15-16,19-20,26H,7-10,12-14H2,1-6H3/t19?,20-/m0/s1. The second-order valence-corrected chi connectivity index (χ2v) is 10.0. The number of phenolic OH excluding ortho intramolecular Hbond substituents is 1. The van der Waals surface area contributed by atoms with Crippen molar-refractivity contribution in [2.24, 2.45) is 5.92 Å². The number of phenols is 1. The molecular formula is C25H38O2. The molecule has 1 N–H and O–H groups in total. The van der Waals surface area contributed by atoms with Crippen LogP contribution < -0.4 is 4.74 Å². The van der Waals surface area contributed by atoms with Crippen molar-refractivity contribution in [2.45, 2.75) is 103 Å². The zero-order chi connectivity index (χ0) is 19.8. The summed E-state index contributed by atoms with van der Waals surface area (Å²) in [5, 5.41) is 11.0. The number of aromatic hydroxyl groups is 1. The van der Waals surface area contributed by atoms with Crippen LogP contribution in [0.1, 0.15) is 104 Å². The van der Waals surface area contributed by atoms with Crippen molar-refractivity contribution in [2.75, 3.05) is 0 Å². The normalized spacial score (nSPS) is 23.9. The van der Waals surface area contributed by atoms with E-state index in [1.165, 1.54) is 36.8 Å². The highest BCUT2D eigenvalue weighted by molar-refractivity contribution is 5.54. The average Bonchev–Trinajstić information content (AvgIpc) is 2.57. The van der Waals surface area contributed by atoms with Crippen LogP contribution in [0.2, 0.25) is 0 Å². The molecule has 0 aromatic heterocycles. The number of ether oxygens (including phenoxy) is 1. The molecule has 0 amide bonds.